The maximum absolute atomic E-state index is 12.6. The number of carbonyl (C=O) groups excluding carboxylic acids is 2. The maximum atomic E-state index is 12.6. The predicted molar refractivity (Wildman–Crippen MR) is 103 cm³/mol. The molecule has 1 unspecified atom stereocenters. The summed E-state index contributed by atoms with van der Waals surface area (Å²) in [6.07, 6.45) is 14.6. The fraction of sp³-hybridized carbons (Fsp3) is 0.316. The average Bonchev–Trinajstić information content (AvgIpc) is 3.31. The number of hydrogen-bond donors (Lipinski definition) is 2. The Morgan fingerprint density at radius 1 is 1.54 bits per heavy atom. The Hall–Kier alpha value is -3.67. The van der Waals surface area contributed by atoms with Crippen LogP contribution in [-0.4, -0.2) is 49.6 Å². The van der Waals surface area contributed by atoms with Crippen molar-refractivity contribution in [1.29, 1.82) is 0 Å². The van der Waals surface area contributed by atoms with Gasteiger partial charge in [-0.05, 0) is 19.4 Å². The number of aromatic amines is 1. The minimum absolute atomic E-state index is 0.00273. The van der Waals surface area contributed by atoms with Gasteiger partial charge < -0.3 is 9.88 Å². The summed E-state index contributed by atoms with van der Waals surface area (Å²) in [5.41, 5.74) is 1.01. The van der Waals surface area contributed by atoms with Crippen LogP contribution in [-0.2, 0) is 17.8 Å². The van der Waals surface area contributed by atoms with Crippen LogP contribution in [0.1, 0.15) is 29.8 Å². The molecular weight excluding hydrogens is 358 g/mol. The van der Waals surface area contributed by atoms with Gasteiger partial charge in [0.1, 0.15) is 17.7 Å². The third kappa shape index (κ3) is 4.17. The van der Waals surface area contributed by atoms with Gasteiger partial charge in [-0.1, -0.05) is 23.6 Å². The molecule has 9 heteroatoms. The summed E-state index contributed by atoms with van der Waals surface area (Å²) in [7, 11) is 1.66. The van der Waals surface area contributed by atoms with Crippen molar-refractivity contribution in [3.05, 3.63) is 48.0 Å². The second kappa shape index (κ2) is 8.35. The van der Waals surface area contributed by atoms with Gasteiger partial charge in [-0.25, -0.2) is 9.97 Å². The zero-order valence-corrected chi connectivity index (χ0v) is 15.7. The van der Waals surface area contributed by atoms with E-state index in [9.17, 15) is 9.59 Å². The molecule has 3 heterocycles. The van der Waals surface area contributed by atoms with Crippen LogP contribution in [0, 0.1) is 12.3 Å². The zero-order valence-electron chi connectivity index (χ0n) is 15.7. The lowest BCUT2D eigenvalue weighted by molar-refractivity contribution is -0.120. The van der Waals surface area contributed by atoms with Gasteiger partial charge in [0.25, 0.3) is 11.8 Å². The largest absolute Gasteiger partial charge is 0.337 e. The molecule has 0 aromatic carbocycles. The van der Waals surface area contributed by atoms with Crippen molar-refractivity contribution in [2.45, 2.75) is 32.4 Å². The molecule has 0 saturated carbocycles. The van der Waals surface area contributed by atoms with E-state index in [1.807, 2.05) is 17.6 Å². The molecule has 2 aromatic heterocycles. The first-order valence-corrected chi connectivity index (χ1v) is 8.78. The van der Waals surface area contributed by atoms with Crippen LogP contribution in [0.25, 0.3) is 0 Å². The summed E-state index contributed by atoms with van der Waals surface area (Å²) in [5.74, 6) is 2.97. The number of likely N-dealkylation sites (N-methyl/N-ethyl adjacent to an activating group) is 1. The first kappa shape index (κ1) is 19.1. The molecule has 2 N–H and O–H groups in total. The number of aromatic nitrogens is 5. The van der Waals surface area contributed by atoms with Gasteiger partial charge in [-0.3, -0.25) is 19.6 Å². The van der Waals surface area contributed by atoms with Crippen LogP contribution >= 0.6 is 0 Å². The minimum atomic E-state index is -0.658. The van der Waals surface area contributed by atoms with E-state index in [1.165, 1.54) is 4.90 Å². The van der Waals surface area contributed by atoms with Crippen LogP contribution in [0.2, 0.25) is 0 Å². The highest BCUT2D eigenvalue weighted by Gasteiger charge is 2.30. The van der Waals surface area contributed by atoms with Crippen LogP contribution in [0.5, 0.6) is 0 Å². The third-order valence-corrected chi connectivity index (χ3v) is 4.38. The number of fused-ring (bicyclic) bond motifs is 1. The summed E-state index contributed by atoms with van der Waals surface area (Å²) < 4.78 is 1.87. The Labute approximate surface area is 162 Å². The lowest BCUT2D eigenvalue weighted by atomic mass is 10.2. The number of nitrogens with one attached hydrogen (secondary N) is 2. The van der Waals surface area contributed by atoms with Crippen LogP contribution < -0.4 is 10.2 Å². The van der Waals surface area contributed by atoms with Crippen molar-refractivity contribution in [2.24, 2.45) is 0 Å². The molecular formula is C19H21N7O2. The predicted octanol–water partition coefficient (Wildman–Crippen LogP) is 0.844. The highest BCUT2D eigenvalue weighted by molar-refractivity contribution is 6.00. The molecule has 2 amide bonds. The number of amides is 2. The van der Waals surface area contributed by atoms with Crippen molar-refractivity contribution >= 4 is 17.6 Å². The number of H-pyrrole nitrogens is 1. The van der Waals surface area contributed by atoms with Crippen LogP contribution in [0.3, 0.4) is 0 Å². The van der Waals surface area contributed by atoms with Crippen molar-refractivity contribution in [3.63, 3.8) is 0 Å². The Morgan fingerprint density at radius 3 is 3.14 bits per heavy atom. The Bertz CT molecular complexity index is 977. The van der Waals surface area contributed by atoms with E-state index in [4.69, 9.17) is 6.42 Å². The minimum Gasteiger partial charge on any atom is -0.337 e. The average molecular weight is 379 g/mol. The number of anilines is 1. The molecule has 0 bridgehead atoms. The summed E-state index contributed by atoms with van der Waals surface area (Å²) in [5, 5.41) is 9.45. The second-order valence-electron chi connectivity index (χ2n) is 6.48. The molecule has 0 saturated heterocycles. The molecule has 28 heavy (non-hydrogen) atoms. The Kier molecular flexibility index (Phi) is 5.69. The van der Waals surface area contributed by atoms with Gasteiger partial charge in [0.05, 0.1) is 12.5 Å². The Balaban J connectivity index is 1.64. The van der Waals surface area contributed by atoms with Gasteiger partial charge >= 0.3 is 0 Å². The number of terminal acetylenes is 1. The van der Waals surface area contributed by atoms with Gasteiger partial charge in [0.15, 0.2) is 0 Å². The van der Waals surface area contributed by atoms with Crippen LogP contribution in [0.4, 0.5) is 5.82 Å². The molecule has 3 rings (SSSR count). The van der Waals surface area contributed by atoms with Crippen LogP contribution in [0.15, 0.2) is 36.3 Å². The molecule has 9 nitrogen and oxygen atoms in total. The fourth-order valence-electron chi connectivity index (χ4n) is 2.93. The first-order valence-electron chi connectivity index (χ1n) is 8.78. The fourth-order valence-corrected chi connectivity index (χ4v) is 2.93. The Morgan fingerprint density at radius 2 is 2.36 bits per heavy atom. The van der Waals surface area contributed by atoms with E-state index < -0.39 is 11.9 Å². The standard InChI is InChI=1S/C19H21N7O2/c1-4-5-6-7-13(2)10-15-22-17(24-23-15)18(27)21-14-8-9-26-12-20-11-16(26)25(3)19(14)28/h1,5-7,11-12,14H,8-10H2,2-3H3,(H,21,27)(H,22,23,24)/b6-5-,13-7+. The van der Waals surface area contributed by atoms with Gasteiger partial charge in [-0.2, -0.15) is 0 Å². The van der Waals surface area contributed by atoms with E-state index in [-0.39, 0.29) is 11.7 Å². The highest BCUT2D eigenvalue weighted by Crippen LogP contribution is 2.19. The molecule has 1 aliphatic heterocycles. The quantitative estimate of drug-likeness (QED) is 0.591. The molecule has 144 valence electrons. The number of aryl methyl sites for hydroxylation is 1. The van der Waals surface area contributed by atoms with Crippen molar-refractivity contribution in [1.82, 2.24) is 30.0 Å². The van der Waals surface area contributed by atoms with Crippen molar-refractivity contribution in [3.8, 4) is 12.3 Å². The van der Waals surface area contributed by atoms with E-state index in [2.05, 4.69) is 31.4 Å². The van der Waals surface area contributed by atoms with Gasteiger partial charge in [-0.15, -0.1) is 11.5 Å². The number of carbonyl (C=O) groups is 2. The molecule has 2 aromatic rings. The first-order chi connectivity index (χ1) is 13.5. The zero-order chi connectivity index (χ0) is 20.1. The number of nitrogens with zero attached hydrogens (tertiary/aromatic N) is 5. The van der Waals surface area contributed by atoms with E-state index in [1.54, 1.807) is 31.7 Å². The van der Waals surface area contributed by atoms with Crippen molar-refractivity contribution in [2.75, 3.05) is 11.9 Å². The molecule has 0 fully saturated rings. The van der Waals surface area contributed by atoms with E-state index in [0.717, 1.165) is 5.57 Å². The smallest absolute Gasteiger partial charge is 0.291 e. The topological polar surface area (TPSA) is 109 Å². The third-order valence-electron chi connectivity index (χ3n) is 4.38. The number of hydrogen-bond acceptors (Lipinski definition) is 5. The van der Waals surface area contributed by atoms with Crippen molar-refractivity contribution < 1.29 is 9.59 Å². The molecule has 1 aliphatic rings. The van der Waals surface area contributed by atoms with Gasteiger partial charge in [0.2, 0.25) is 5.82 Å². The lowest BCUT2D eigenvalue weighted by Crippen LogP contribution is -2.47. The second-order valence-corrected chi connectivity index (χ2v) is 6.48. The number of rotatable bonds is 5. The maximum Gasteiger partial charge on any atom is 0.291 e. The molecule has 0 radical (unpaired) electrons. The summed E-state index contributed by atoms with van der Waals surface area (Å²) in [6, 6.07) is -0.658. The number of allylic oxidation sites excluding steroid dienone is 4. The van der Waals surface area contributed by atoms with E-state index >= 15 is 0 Å². The molecule has 0 aliphatic carbocycles. The highest BCUT2D eigenvalue weighted by atomic mass is 16.2. The number of imidazole rings is 1. The monoisotopic (exact) mass is 379 g/mol. The normalized spacial score (nSPS) is 17.3. The molecule has 1 atom stereocenters. The SMILES string of the molecule is C#C/C=C\C=C(/C)Cc1nc(C(=O)NC2CCn3cncc3N(C)C2=O)n[nH]1. The lowest BCUT2D eigenvalue weighted by Gasteiger charge is -2.19. The van der Waals surface area contributed by atoms with Gasteiger partial charge in [0, 0.05) is 20.0 Å². The molecule has 0 spiro atoms. The summed E-state index contributed by atoms with van der Waals surface area (Å²) in [6.45, 7) is 2.50. The summed E-state index contributed by atoms with van der Waals surface area (Å²) >= 11 is 0. The summed E-state index contributed by atoms with van der Waals surface area (Å²) in [4.78, 5) is 34.9. The van der Waals surface area contributed by atoms with E-state index in [0.29, 0.717) is 31.0 Å².